The summed E-state index contributed by atoms with van der Waals surface area (Å²) in [7, 11) is 5.84. The third-order valence-electron chi connectivity index (χ3n) is 7.73. The fourth-order valence-corrected chi connectivity index (χ4v) is 4.57. The number of carboxylic acid groups (broad SMARTS) is 1. The summed E-state index contributed by atoms with van der Waals surface area (Å²) in [5, 5.41) is 11.7. The fourth-order valence-electron chi connectivity index (χ4n) is 4.57. The average Bonchev–Trinajstić information content (AvgIpc) is 3.17. The Bertz CT molecular complexity index is 1340. The number of rotatable bonds is 35. The molecule has 0 amide bonds. The highest BCUT2D eigenvalue weighted by molar-refractivity contribution is 5.70. The summed E-state index contributed by atoms with van der Waals surface area (Å²) in [4.78, 5) is 36.8. The first kappa shape index (κ1) is 52.7. The molecule has 0 N–H and O–H groups in total. The van der Waals surface area contributed by atoms with E-state index in [1.165, 1.54) is 0 Å². The molecule has 0 heterocycles. The van der Waals surface area contributed by atoms with Crippen molar-refractivity contribution >= 4 is 17.9 Å². The molecule has 57 heavy (non-hydrogen) atoms. The number of nitrogens with zero attached hydrogens (tertiary/aromatic N) is 1. The molecule has 0 rings (SSSR count). The average molecular weight is 792 g/mol. The van der Waals surface area contributed by atoms with Gasteiger partial charge in [-0.1, -0.05) is 135 Å². The van der Waals surface area contributed by atoms with Gasteiger partial charge in [-0.2, -0.15) is 0 Å². The van der Waals surface area contributed by atoms with Gasteiger partial charge in [-0.25, -0.2) is 0 Å². The van der Waals surface area contributed by atoms with E-state index in [1.54, 1.807) is 0 Å². The van der Waals surface area contributed by atoms with Crippen molar-refractivity contribution in [2.45, 2.75) is 116 Å². The van der Waals surface area contributed by atoms with Gasteiger partial charge in [-0.15, -0.1) is 0 Å². The molecule has 2 atom stereocenters. The van der Waals surface area contributed by atoms with Crippen molar-refractivity contribution < 1.29 is 42.9 Å². The molecule has 0 saturated carbocycles. The van der Waals surface area contributed by atoms with Crippen LogP contribution in [0.4, 0.5) is 0 Å². The van der Waals surface area contributed by atoms with E-state index in [9.17, 15) is 19.5 Å². The molecule has 2 unspecified atom stereocenters. The van der Waals surface area contributed by atoms with Gasteiger partial charge in [0, 0.05) is 12.8 Å². The van der Waals surface area contributed by atoms with Crippen molar-refractivity contribution in [3.05, 3.63) is 122 Å². The van der Waals surface area contributed by atoms with Gasteiger partial charge in [-0.05, 0) is 77.0 Å². The summed E-state index contributed by atoms with van der Waals surface area (Å²) < 4.78 is 22.3. The van der Waals surface area contributed by atoms with Crippen LogP contribution in [0, 0.1) is 0 Å². The summed E-state index contributed by atoms with van der Waals surface area (Å²) in [5.41, 5.74) is 0. The summed E-state index contributed by atoms with van der Waals surface area (Å²) in [6.07, 6.45) is 49.8. The van der Waals surface area contributed by atoms with Gasteiger partial charge in [-0.3, -0.25) is 9.59 Å². The first-order valence-electron chi connectivity index (χ1n) is 20.7. The van der Waals surface area contributed by atoms with E-state index in [1.807, 2.05) is 45.4 Å². The highest BCUT2D eigenvalue weighted by Crippen LogP contribution is 2.07. The maximum atomic E-state index is 12.7. The topological polar surface area (TPSA) is 111 Å². The van der Waals surface area contributed by atoms with E-state index < -0.39 is 30.3 Å². The molecule has 0 aromatic rings. The number of ether oxygens (including phenoxy) is 4. The number of carbonyl (C=O) groups is 3. The van der Waals surface area contributed by atoms with Crippen LogP contribution >= 0.6 is 0 Å². The van der Waals surface area contributed by atoms with Gasteiger partial charge in [0.1, 0.15) is 13.2 Å². The van der Waals surface area contributed by atoms with Crippen LogP contribution in [-0.2, 0) is 33.3 Å². The Balaban J connectivity index is 4.74. The van der Waals surface area contributed by atoms with Gasteiger partial charge in [0.15, 0.2) is 12.4 Å². The smallest absolute Gasteiger partial charge is 0.306 e. The third kappa shape index (κ3) is 39.7. The number of hydrogen-bond donors (Lipinski definition) is 0. The SMILES string of the molecule is CC/C=C\C/C=C\C/C=C\C/C=C\C/C=C\C/C=C\CCC(=O)OC(COC(=O)CC/C=C\C/C=C\C/C=C\C/C=C\CC)COC(OCC[N+](C)(C)C)C(=O)[O-]. The summed E-state index contributed by atoms with van der Waals surface area (Å²) in [6, 6.07) is 0. The Morgan fingerprint density at radius 3 is 1.25 bits per heavy atom. The molecule has 0 aliphatic rings. The van der Waals surface area contributed by atoms with Crippen LogP contribution in [0.2, 0.25) is 0 Å². The quantitative estimate of drug-likeness (QED) is 0.0270. The van der Waals surface area contributed by atoms with Crippen LogP contribution in [-0.4, -0.2) is 82.3 Å². The Morgan fingerprint density at radius 1 is 0.509 bits per heavy atom. The Labute approximate surface area is 345 Å². The third-order valence-corrected chi connectivity index (χ3v) is 7.73. The molecule has 0 radical (unpaired) electrons. The Morgan fingerprint density at radius 2 is 0.877 bits per heavy atom. The molecule has 0 saturated heterocycles. The monoisotopic (exact) mass is 792 g/mol. The number of aliphatic carboxylic acids is 1. The molecular formula is C48H73NO8. The van der Waals surface area contributed by atoms with Crippen LogP contribution in [0.1, 0.15) is 104 Å². The molecule has 318 valence electrons. The van der Waals surface area contributed by atoms with E-state index >= 15 is 0 Å². The van der Waals surface area contributed by atoms with Crippen molar-refractivity contribution in [3.63, 3.8) is 0 Å². The van der Waals surface area contributed by atoms with Crippen molar-refractivity contribution in [1.29, 1.82) is 0 Å². The molecule has 0 spiro atoms. The van der Waals surface area contributed by atoms with Crippen LogP contribution in [0.3, 0.4) is 0 Å². The second-order valence-corrected chi connectivity index (χ2v) is 14.2. The Kier molecular flexibility index (Phi) is 35.6. The zero-order valence-corrected chi connectivity index (χ0v) is 35.6. The van der Waals surface area contributed by atoms with Gasteiger partial charge in [0.2, 0.25) is 0 Å². The molecule has 0 fully saturated rings. The number of carbonyl (C=O) groups excluding carboxylic acids is 3. The normalized spacial score (nSPS) is 14.2. The van der Waals surface area contributed by atoms with E-state index in [0.29, 0.717) is 23.9 Å². The molecule has 0 aromatic carbocycles. The largest absolute Gasteiger partial charge is 0.545 e. The second-order valence-electron chi connectivity index (χ2n) is 14.2. The minimum Gasteiger partial charge on any atom is -0.545 e. The van der Waals surface area contributed by atoms with Crippen molar-refractivity contribution in [2.75, 3.05) is 47.5 Å². The highest BCUT2D eigenvalue weighted by atomic mass is 16.7. The summed E-state index contributed by atoms with van der Waals surface area (Å²) in [6.45, 7) is 4.28. The van der Waals surface area contributed by atoms with Crippen molar-refractivity contribution in [2.24, 2.45) is 0 Å². The van der Waals surface area contributed by atoms with Gasteiger partial charge < -0.3 is 33.3 Å². The fraction of sp³-hybridized carbons (Fsp3) is 0.521. The van der Waals surface area contributed by atoms with E-state index in [0.717, 1.165) is 64.2 Å². The molecule has 9 nitrogen and oxygen atoms in total. The summed E-state index contributed by atoms with van der Waals surface area (Å²) in [5.74, 6) is -2.53. The molecular weight excluding hydrogens is 719 g/mol. The molecule has 9 heteroatoms. The van der Waals surface area contributed by atoms with Crippen LogP contribution in [0.25, 0.3) is 0 Å². The van der Waals surface area contributed by atoms with Crippen LogP contribution in [0.5, 0.6) is 0 Å². The number of quaternary nitrogens is 1. The van der Waals surface area contributed by atoms with Gasteiger partial charge in [0.05, 0.1) is 40.3 Å². The molecule has 0 aromatic heterocycles. The van der Waals surface area contributed by atoms with Gasteiger partial charge >= 0.3 is 11.9 Å². The van der Waals surface area contributed by atoms with Crippen molar-refractivity contribution in [1.82, 2.24) is 0 Å². The molecule has 0 aliphatic carbocycles. The lowest BCUT2D eigenvalue weighted by atomic mass is 10.2. The maximum Gasteiger partial charge on any atom is 0.306 e. The zero-order chi connectivity index (χ0) is 42.1. The molecule has 0 bridgehead atoms. The number of likely N-dealkylation sites (N-methyl/N-ethyl adjacent to an activating group) is 1. The second kappa shape index (κ2) is 38.6. The maximum absolute atomic E-state index is 12.7. The van der Waals surface area contributed by atoms with E-state index in [2.05, 4.69) is 111 Å². The predicted octanol–water partition coefficient (Wildman–Crippen LogP) is 9.32. The first-order valence-corrected chi connectivity index (χ1v) is 20.7. The standard InChI is InChI=1S/C48H73NO8/c1-6-8-10-12-14-16-18-20-21-22-23-24-25-27-29-31-33-35-37-39-46(51)57-44(43-56-48(47(52)53)54-41-40-49(3,4)5)42-55-45(50)38-36-34-32-30-28-26-19-17-15-13-11-9-7-2/h8-11,14-17,20-21,23-24,26-29,32-35,44,48H,6-7,12-13,18-19,22,25,30-31,36-43H2,1-5H3/b10-8-,11-9-,16-14-,17-15-,21-20-,24-23-,28-26-,29-27-,34-32-,35-33-. The van der Waals surface area contributed by atoms with Crippen molar-refractivity contribution in [3.8, 4) is 0 Å². The molecule has 0 aliphatic heterocycles. The van der Waals surface area contributed by atoms with Crippen LogP contribution < -0.4 is 5.11 Å². The number of allylic oxidation sites excluding steroid dienone is 20. The lowest BCUT2D eigenvalue weighted by Gasteiger charge is -2.26. The zero-order valence-electron chi connectivity index (χ0n) is 35.6. The highest BCUT2D eigenvalue weighted by Gasteiger charge is 2.21. The lowest BCUT2D eigenvalue weighted by molar-refractivity contribution is -0.870. The van der Waals surface area contributed by atoms with E-state index in [-0.39, 0.29) is 32.7 Å². The predicted molar refractivity (Wildman–Crippen MR) is 232 cm³/mol. The number of carboxylic acids is 1. The number of esters is 2. The minimum absolute atomic E-state index is 0.0996. The lowest BCUT2D eigenvalue weighted by Crippen LogP contribution is -2.44. The van der Waals surface area contributed by atoms with Crippen LogP contribution in [0.15, 0.2) is 122 Å². The van der Waals surface area contributed by atoms with Gasteiger partial charge in [0.25, 0.3) is 0 Å². The Hall–Kier alpha value is -4.31. The number of hydrogen-bond acceptors (Lipinski definition) is 8. The van der Waals surface area contributed by atoms with E-state index in [4.69, 9.17) is 18.9 Å². The minimum atomic E-state index is -1.66. The summed E-state index contributed by atoms with van der Waals surface area (Å²) >= 11 is 0. The first-order chi connectivity index (χ1) is 27.6.